The standard InChI is InChI=1S/C14H26N6O/c1-15-14(20(4)10-12-5-8-21-17-12)16-9-13-11-18(2)6-7-19(13)3/h5,8,13H,6-7,9-11H2,1-4H3,(H,15,16). The minimum atomic E-state index is 0.501. The van der Waals surface area contributed by atoms with Gasteiger partial charge in [0.25, 0.3) is 0 Å². The summed E-state index contributed by atoms with van der Waals surface area (Å²) in [5.41, 5.74) is 0.898. The number of rotatable bonds is 4. The van der Waals surface area contributed by atoms with E-state index in [1.54, 1.807) is 13.3 Å². The molecule has 1 unspecified atom stereocenters. The first kappa shape index (κ1) is 15.8. The van der Waals surface area contributed by atoms with Crippen LogP contribution in [0.5, 0.6) is 0 Å². The van der Waals surface area contributed by atoms with E-state index in [1.165, 1.54) is 0 Å². The van der Waals surface area contributed by atoms with Crippen LogP contribution in [-0.2, 0) is 6.54 Å². The first-order valence-electron chi connectivity index (χ1n) is 7.30. The highest BCUT2D eigenvalue weighted by atomic mass is 16.5. The maximum atomic E-state index is 4.86. The number of likely N-dealkylation sites (N-methyl/N-ethyl adjacent to an activating group) is 2. The number of aromatic nitrogens is 1. The summed E-state index contributed by atoms with van der Waals surface area (Å²) in [6, 6.07) is 2.37. The predicted molar refractivity (Wildman–Crippen MR) is 83.2 cm³/mol. The number of aliphatic imine (C=N–C) groups is 1. The van der Waals surface area contributed by atoms with E-state index in [1.807, 2.05) is 18.0 Å². The van der Waals surface area contributed by atoms with Gasteiger partial charge in [-0.15, -0.1) is 0 Å². The molecule has 0 bridgehead atoms. The molecule has 7 nitrogen and oxygen atoms in total. The first-order valence-corrected chi connectivity index (χ1v) is 7.30. The zero-order valence-electron chi connectivity index (χ0n) is 13.4. The molecule has 21 heavy (non-hydrogen) atoms. The van der Waals surface area contributed by atoms with Crippen molar-refractivity contribution in [1.29, 1.82) is 0 Å². The van der Waals surface area contributed by atoms with Crippen LogP contribution in [0.3, 0.4) is 0 Å². The van der Waals surface area contributed by atoms with Gasteiger partial charge in [0.1, 0.15) is 12.0 Å². The number of guanidine groups is 1. The molecule has 2 heterocycles. The van der Waals surface area contributed by atoms with Crippen LogP contribution >= 0.6 is 0 Å². The van der Waals surface area contributed by atoms with E-state index in [-0.39, 0.29) is 0 Å². The Morgan fingerprint density at radius 2 is 2.33 bits per heavy atom. The lowest BCUT2D eigenvalue weighted by Gasteiger charge is -2.38. The fraction of sp³-hybridized carbons (Fsp3) is 0.714. The second-order valence-electron chi connectivity index (χ2n) is 5.67. The Hall–Kier alpha value is -1.60. The summed E-state index contributed by atoms with van der Waals surface area (Å²) in [5.74, 6) is 0.875. The van der Waals surface area contributed by atoms with Gasteiger partial charge in [-0.25, -0.2) is 0 Å². The second kappa shape index (κ2) is 7.42. The highest BCUT2D eigenvalue weighted by Gasteiger charge is 2.22. The quantitative estimate of drug-likeness (QED) is 0.619. The lowest BCUT2D eigenvalue weighted by molar-refractivity contribution is 0.116. The van der Waals surface area contributed by atoms with Gasteiger partial charge in [-0.05, 0) is 14.1 Å². The maximum absolute atomic E-state index is 4.86. The van der Waals surface area contributed by atoms with E-state index in [0.29, 0.717) is 12.6 Å². The van der Waals surface area contributed by atoms with Crippen LogP contribution in [0.25, 0.3) is 0 Å². The molecule has 1 atom stereocenters. The van der Waals surface area contributed by atoms with E-state index in [4.69, 9.17) is 4.52 Å². The topological polar surface area (TPSA) is 60.1 Å². The minimum absolute atomic E-state index is 0.501. The van der Waals surface area contributed by atoms with Crippen LogP contribution in [0.15, 0.2) is 21.8 Å². The van der Waals surface area contributed by atoms with Crippen molar-refractivity contribution in [1.82, 2.24) is 25.2 Å². The van der Waals surface area contributed by atoms with Crippen molar-refractivity contribution in [3.05, 3.63) is 18.0 Å². The van der Waals surface area contributed by atoms with Gasteiger partial charge in [-0.2, -0.15) is 0 Å². The number of nitrogens with zero attached hydrogens (tertiary/aromatic N) is 5. The number of hydrogen-bond donors (Lipinski definition) is 1. The third kappa shape index (κ3) is 4.44. The van der Waals surface area contributed by atoms with Gasteiger partial charge in [0.05, 0.1) is 6.54 Å². The van der Waals surface area contributed by atoms with E-state index >= 15 is 0 Å². The predicted octanol–water partition coefficient (Wildman–Crippen LogP) is -0.0724. The molecule has 0 spiro atoms. The normalized spacial score (nSPS) is 21.5. The van der Waals surface area contributed by atoms with Crippen molar-refractivity contribution in [2.45, 2.75) is 12.6 Å². The average molecular weight is 294 g/mol. The van der Waals surface area contributed by atoms with Crippen molar-refractivity contribution in [2.75, 3.05) is 54.4 Å². The average Bonchev–Trinajstić information content (AvgIpc) is 2.96. The molecule has 1 aromatic rings. The zero-order chi connectivity index (χ0) is 15.2. The van der Waals surface area contributed by atoms with Gasteiger partial charge < -0.3 is 19.6 Å². The van der Waals surface area contributed by atoms with Crippen LogP contribution in [0.1, 0.15) is 5.69 Å². The fourth-order valence-electron chi connectivity index (χ4n) is 2.55. The van der Waals surface area contributed by atoms with Crippen LogP contribution < -0.4 is 5.32 Å². The van der Waals surface area contributed by atoms with Crippen LogP contribution in [0.4, 0.5) is 0 Å². The molecular formula is C14H26N6O. The summed E-state index contributed by atoms with van der Waals surface area (Å²) in [5, 5.41) is 7.38. The van der Waals surface area contributed by atoms with Crippen LogP contribution in [0.2, 0.25) is 0 Å². The zero-order valence-corrected chi connectivity index (χ0v) is 13.4. The Kier molecular flexibility index (Phi) is 5.58. The molecule has 1 saturated heterocycles. The molecular weight excluding hydrogens is 268 g/mol. The SMILES string of the molecule is CN=C(NCC1CN(C)CCN1C)N(C)Cc1ccon1. The smallest absolute Gasteiger partial charge is 0.193 e. The summed E-state index contributed by atoms with van der Waals surface area (Å²) in [4.78, 5) is 11.2. The van der Waals surface area contributed by atoms with Crippen LogP contribution in [-0.4, -0.2) is 86.2 Å². The van der Waals surface area contributed by atoms with Crippen LogP contribution in [0, 0.1) is 0 Å². The van der Waals surface area contributed by atoms with Crippen molar-refractivity contribution < 1.29 is 4.52 Å². The molecule has 0 aliphatic carbocycles. The summed E-state index contributed by atoms with van der Waals surface area (Å²) < 4.78 is 4.86. The van der Waals surface area contributed by atoms with Crippen molar-refractivity contribution >= 4 is 5.96 Å². The third-order valence-electron chi connectivity index (χ3n) is 3.94. The molecule has 7 heteroatoms. The van der Waals surface area contributed by atoms with E-state index in [9.17, 15) is 0 Å². The van der Waals surface area contributed by atoms with E-state index in [0.717, 1.165) is 37.8 Å². The largest absolute Gasteiger partial charge is 0.364 e. The van der Waals surface area contributed by atoms with Gasteiger partial charge in [-0.1, -0.05) is 5.16 Å². The molecule has 1 aliphatic rings. The molecule has 118 valence electrons. The summed E-state index contributed by atoms with van der Waals surface area (Å²) in [7, 11) is 8.16. The third-order valence-corrected chi connectivity index (χ3v) is 3.94. The fourth-order valence-corrected chi connectivity index (χ4v) is 2.55. The monoisotopic (exact) mass is 294 g/mol. The Bertz CT molecular complexity index is 446. The first-order chi connectivity index (χ1) is 10.1. The maximum Gasteiger partial charge on any atom is 0.193 e. The van der Waals surface area contributed by atoms with Crippen molar-refractivity contribution in [3.63, 3.8) is 0 Å². The van der Waals surface area contributed by atoms with Gasteiger partial charge >= 0.3 is 0 Å². The molecule has 1 N–H and O–H groups in total. The van der Waals surface area contributed by atoms with Gasteiger partial charge in [0.2, 0.25) is 0 Å². The molecule has 2 rings (SSSR count). The highest BCUT2D eigenvalue weighted by molar-refractivity contribution is 5.79. The number of piperazine rings is 1. The Morgan fingerprint density at radius 1 is 1.52 bits per heavy atom. The Labute approximate surface area is 126 Å². The molecule has 0 radical (unpaired) electrons. The van der Waals surface area contributed by atoms with E-state index in [2.05, 4.69) is 39.4 Å². The van der Waals surface area contributed by atoms with Gasteiger partial charge in [-0.3, -0.25) is 9.89 Å². The number of nitrogens with one attached hydrogen (secondary N) is 1. The lowest BCUT2D eigenvalue weighted by atomic mass is 10.2. The van der Waals surface area contributed by atoms with E-state index < -0.39 is 0 Å². The Balaban J connectivity index is 1.84. The molecule has 0 amide bonds. The molecule has 1 fully saturated rings. The number of hydrogen-bond acceptors (Lipinski definition) is 5. The lowest BCUT2D eigenvalue weighted by Crippen LogP contribution is -2.55. The minimum Gasteiger partial charge on any atom is -0.364 e. The summed E-state index contributed by atoms with van der Waals surface area (Å²) in [6.07, 6.45) is 1.59. The van der Waals surface area contributed by atoms with Crippen molar-refractivity contribution in [2.24, 2.45) is 4.99 Å². The molecule has 1 aliphatic heterocycles. The summed E-state index contributed by atoms with van der Waals surface area (Å²) in [6.45, 7) is 4.88. The molecule has 0 aromatic carbocycles. The highest BCUT2D eigenvalue weighted by Crippen LogP contribution is 2.05. The van der Waals surface area contributed by atoms with Crippen molar-refractivity contribution in [3.8, 4) is 0 Å². The molecule has 1 aromatic heterocycles. The Morgan fingerprint density at radius 3 is 3.00 bits per heavy atom. The molecule has 0 saturated carbocycles. The summed E-state index contributed by atoms with van der Waals surface area (Å²) >= 11 is 0. The second-order valence-corrected chi connectivity index (χ2v) is 5.67. The van der Waals surface area contributed by atoms with Gasteiger partial charge in [0.15, 0.2) is 5.96 Å². The van der Waals surface area contributed by atoms with Gasteiger partial charge in [0, 0.05) is 52.4 Å².